The standard InChI is InChI=1S/C31H21ClN2O4S/c32-24-18-16-22(17-19-24)31(35)38-28-14-5-2-9-23(28)20-34(27-13-7-10-21-8-1-3-11-25(21)27)30-26-12-4-6-15-29(26)39(36,37)33-30/h1-19H,20H2. The molecule has 5 aromatic rings. The number of rotatable bonds is 5. The van der Waals surface area contributed by atoms with Gasteiger partial charge in [-0.25, -0.2) is 4.79 Å². The van der Waals surface area contributed by atoms with E-state index in [1.807, 2.05) is 59.5 Å². The van der Waals surface area contributed by atoms with Gasteiger partial charge in [0.25, 0.3) is 10.0 Å². The molecule has 0 bridgehead atoms. The highest BCUT2D eigenvalue weighted by atomic mass is 35.5. The first-order valence-corrected chi connectivity index (χ1v) is 14.0. The Kier molecular flexibility index (Phi) is 6.38. The highest BCUT2D eigenvalue weighted by molar-refractivity contribution is 7.90. The molecule has 0 radical (unpaired) electrons. The van der Waals surface area contributed by atoms with Gasteiger partial charge in [0.2, 0.25) is 0 Å². The molecule has 192 valence electrons. The van der Waals surface area contributed by atoms with Crippen molar-refractivity contribution in [2.45, 2.75) is 11.4 Å². The van der Waals surface area contributed by atoms with Crippen LogP contribution in [0.5, 0.6) is 5.75 Å². The van der Waals surface area contributed by atoms with Crippen LogP contribution in [0.15, 0.2) is 125 Å². The van der Waals surface area contributed by atoms with Crippen molar-refractivity contribution >= 4 is 49.9 Å². The van der Waals surface area contributed by atoms with Gasteiger partial charge in [-0.15, -0.1) is 4.40 Å². The van der Waals surface area contributed by atoms with Crippen LogP contribution in [0.1, 0.15) is 21.5 Å². The van der Waals surface area contributed by atoms with Crippen molar-refractivity contribution in [2.24, 2.45) is 4.40 Å². The van der Waals surface area contributed by atoms with Gasteiger partial charge >= 0.3 is 5.97 Å². The minimum Gasteiger partial charge on any atom is -0.423 e. The van der Waals surface area contributed by atoms with Gasteiger partial charge in [-0.05, 0) is 53.9 Å². The predicted octanol–water partition coefficient (Wildman–Crippen LogP) is 6.87. The zero-order valence-corrected chi connectivity index (χ0v) is 22.1. The van der Waals surface area contributed by atoms with Crippen molar-refractivity contribution in [3.8, 4) is 5.75 Å². The lowest BCUT2D eigenvalue weighted by atomic mass is 10.1. The molecule has 0 aromatic heterocycles. The number of carbonyl (C=O) groups excluding carboxylic acids is 1. The third-order valence-corrected chi connectivity index (χ3v) is 8.09. The molecule has 1 aliphatic heterocycles. The third kappa shape index (κ3) is 4.78. The van der Waals surface area contributed by atoms with Crippen molar-refractivity contribution in [3.05, 3.63) is 137 Å². The number of carbonyl (C=O) groups is 1. The number of esters is 1. The summed E-state index contributed by atoms with van der Waals surface area (Å²) >= 11 is 5.97. The van der Waals surface area contributed by atoms with Crippen LogP contribution >= 0.6 is 11.6 Å². The van der Waals surface area contributed by atoms with Crippen LogP contribution in [0.2, 0.25) is 5.02 Å². The Hall–Kier alpha value is -4.46. The summed E-state index contributed by atoms with van der Waals surface area (Å²) < 4.78 is 36.0. The van der Waals surface area contributed by atoms with E-state index >= 15 is 0 Å². The van der Waals surface area contributed by atoms with E-state index in [1.165, 1.54) is 0 Å². The molecule has 39 heavy (non-hydrogen) atoms. The molecule has 5 aromatic carbocycles. The molecule has 0 atom stereocenters. The van der Waals surface area contributed by atoms with E-state index in [2.05, 4.69) is 4.40 Å². The summed E-state index contributed by atoms with van der Waals surface area (Å²) in [5.74, 6) is 0.139. The largest absolute Gasteiger partial charge is 0.423 e. The molecular formula is C31H21ClN2O4S. The number of amidine groups is 1. The van der Waals surface area contributed by atoms with Gasteiger partial charge in [-0.2, -0.15) is 8.42 Å². The quantitative estimate of drug-likeness (QED) is 0.176. The first-order chi connectivity index (χ1) is 18.9. The summed E-state index contributed by atoms with van der Waals surface area (Å²) in [7, 11) is -3.87. The van der Waals surface area contributed by atoms with Gasteiger partial charge in [0.15, 0.2) is 5.84 Å². The van der Waals surface area contributed by atoms with Crippen molar-refractivity contribution < 1.29 is 17.9 Å². The van der Waals surface area contributed by atoms with Gasteiger partial charge < -0.3 is 9.64 Å². The van der Waals surface area contributed by atoms with E-state index in [9.17, 15) is 13.2 Å². The molecule has 0 saturated heterocycles. The molecule has 0 amide bonds. The van der Waals surface area contributed by atoms with E-state index in [0.717, 1.165) is 16.5 Å². The number of ether oxygens (including phenoxy) is 1. The first kappa shape index (κ1) is 24.9. The topological polar surface area (TPSA) is 76.0 Å². The molecule has 6 rings (SSSR count). The minimum atomic E-state index is -3.87. The molecular weight excluding hydrogens is 532 g/mol. The second kappa shape index (κ2) is 10.0. The summed E-state index contributed by atoms with van der Waals surface area (Å²) in [6, 6.07) is 34.2. The Morgan fingerprint density at radius 3 is 2.33 bits per heavy atom. The van der Waals surface area contributed by atoms with E-state index in [4.69, 9.17) is 16.3 Å². The number of sulfonamides is 1. The van der Waals surface area contributed by atoms with Gasteiger partial charge in [-0.3, -0.25) is 0 Å². The lowest BCUT2D eigenvalue weighted by molar-refractivity contribution is 0.0733. The fraction of sp³-hybridized carbons (Fsp3) is 0.0323. The van der Waals surface area contributed by atoms with Gasteiger partial charge in [0.05, 0.1) is 17.8 Å². The summed E-state index contributed by atoms with van der Waals surface area (Å²) in [6.45, 7) is 0.195. The van der Waals surface area contributed by atoms with Gasteiger partial charge in [0, 0.05) is 21.5 Å². The van der Waals surface area contributed by atoms with Crippen molar-refractivity contribution in [1.29, 1.82) is 0 Å². The Morgan fingerprint density at radius 1 is 0.795 bits per heavy atom. The molecule has 0 N–H and O–H groups in total. The average molecular weight is 553 g/mol. The van der Waals surface area contributed by atoms with Crippen LogP contribution in [0.25, 0.3) is 10.8 Å². The van der Waals surface area contributed by atoms with Crippen LogP contribution in [0.4, 0.5) is 5.69 Å². The van der Waals surface area contributed by atoms with E-state index in [0.29, 0.717) is 33.3 Å². The molecule has 0 fully saturated rings. The number of nitrogens with zero attached hydrogens (tertiary/aromatic N) is 2. The van der Waals surface area contributed by atoms with Crippen LogP contribution in [-0.2, 0) is 16.6 Å². The summed E-state index contributed by atoms with van der Waals surface area (Å²) in [5.41, 5.74) is 2.33. The Labute approximate surface area is 230 Å². The molecule has 0 unspecified atom stereocenters. The number of benzene rings is 5. The maximum atomic E-state index is 13.0. The highest BCUT2D eigenvalue weighted by Crippen LogP contribution is 2.35. The fourth-order valence-electron chi connectivity index (χ4n) is 4.65. The SMILES string of the molecule is O=C(Oc1ccccc1CN(C1=NS(=O)(=O)c2ccccc21)c1cccc2ccccc12)c1ccc(Cl)cc1. The van der Waals surface area contributed by atoms with Crippen LogP contribution in [-0.4, -0.2) is 20.2 Å². The molecule has 6 nitrogen and oxygen atoms in total. The number of halogens is 1. The van der Waals surface area contributed by atoms with Crippen LogP contribution in [0.3, 0.4) is 0 Å². The summed E-state index contributed by atoms with van der Waals surface area (Å²) in [5, 5.41) is 2.45. The Balaban J connectivity index is 1.46. The van der Waals surface area contributed by atoms with Gasteiger partial charge in [-0.1, -0.05) is 78.3 Å². The lowest BCUT2D eigenvalue weighted by Gasteiger charge is -2.27. The normalized spacial score (nSPS) is 13.5. The van der Waals surface area contributed by atoms with Gasteiger partial charge in [0.1, 0.15) is 10.6 Å². The van der Waals surface area contributed by atoms with Crippen molar-refractivity contribution in [2.75, 3.05) is 4.90 Å². The van der Waals surface area contributed by atoms with E-state index in [-0.39, 0.29) is 11.4 Å². The average Bonchev–Trinajstić information content (AvgIpc) is 3.23. The molecule has 1 aliphatic rings. The second-order valence-electron chi connectivity index (χ2n) is 8.97. The molecule has 0 saturated carbocycles. The second-order valence-corrected chi connectivity index (χ2v) is 11.0. The van der Waals surface area contributed by atoms with Crippen molar-refractivity contribution in [1.82, 2.24) is 0 Å². The zero-order chi connectivity index (χ0) is 27.0. The van der Waals surface area contributed by atoms with Crippen molar-refractivity contribution in [3.63, 3.8) is 0 Å². The third-order valence-electron chi connectivity index (χ3n) is 6.51. The summed E-state index contributed by atoms with van der Waals surface area (Å²) in [4.78, 5) is 15.0. The molecule has 0 spiro atoms. The monoisotopic (exact) mass is 552 g/mol. The maximum Gasteiger partial charge on any atom is 0.343 e. The molecule has 0 aliphatic carbocycles. The smallest absolute Gasteiger partial charge is 0.343 e. The molecule has 1 heterocycles. The maximum absolute atomic E-state index is 13.0. The Bertz CT molecular complexity index is 1860. The Morgan fingerprint density at radius 2 is 1.49 bits per heavy atom. The number of para-hydroxylation sites is 1. The minimum absolute atomic E-state index is 0.160. The van der Waals surface area contributed by atoms with Crippen LogP contribution in [0, 0.1) is 0 Å². The lowest BCUT2D eigenvalue weighted by Crippen LogP contribution is -2.31. The van der Waals surface area contributed by atoms with E-state index < -0.39 is 16.0 Å². The summed E-state index contributed by atoms with van der Waals surface area (Å²) in [6.07, 6.45) is 0. The predicted molar refractivity (Wildman–Crippen MR) is 153 cm³/mol. The van der Waals surface area contributed by atoms with E-state index in [1.54, 1.807) is 60.7 Å². The van der Waals surface area contributed by atoms with Crippen LogP contribution < -0.4 is 9.64 Å². The first-order valence-electron chi connectivity index (χ1n) is 12.2. The molecule has 8 heteroatoms. The number of hydrogen-bond acceptors (Lipinski definition) is 5. The number of fused-ring (bicyclic) bond motifs is 2. The number of hydrogen-bond donors (Lipinski definition) is 0. The zero-order valence-electron chi connectivity index (χ0n) is 20.5. The number of anilines is 1. The fourth-order valence-corrected chi connectivity index (χ4v) is 5.99. The highest BCUT2D eigenvalue weighted by Gasteiger charge is 2.33.